The van der Waals surface area contributed by atoms with E-state index < -0.39 is 5.60 Å². The second kappa shape index (κ2) is 7.36. The maximum absolute atomic E-state index is 10.8. The predicted molar refractivity (Wildman–Crippen MR) is 71.7 cm³/mol. The molecule has 1 aromatic rings. The first kappa shape index (κ1) is 15.0. The van der Waals surface area contributed by atoms with Crippen LogP contribution in [0.15, 0.2) is 24.3 Å². The number of rotatable bonds is 8. The lowest BCUT2D eigenvalue weighted by Gasteiger charge is -2.29. The van der Waals surface area contributed by atoms with Crippen LogP contribution in [0.1, 0.15) is 25.3 Å². The Hall–Kier alpha value is -1.10. The second-order valence-corrected chi connectivity index (χ2v) is 4.29. The van der Waals surface area contributed by atoms with E-state index in [4.69, 9.17) is 15.2 Å². The maximum Gasteiger partial charge on any atom is 0.125 e. The molecular formula is C14H23NO3. The maximum atomic E-state index is 10.8. The van der Waals surface area contributed by atoms with Crippen molar-refractivity contribution in [3.8, 4) is 5.75 Å². The van der Waals surface area contributed by atoms with Gasteiger partial charge >= 0.3 is 0 Å². The van der Waals surface area contributed by atoms with E-state index >= 15 is 0 Å². The Kier molecular flexibility index (Phi) is 6.12. The summed E-state index contributed by atoms with van der Waals surface area (Å²) < 4.78 is 10.7. The number of ether oxygens (including phenoxy) is 2. The summed E-state index contributed by atoms with van der Waals surface area (Å²) in [7, 11) is 1.58. The van der Waals surface area contributed by atoms with Crippen molar-refractivity contribution in [2.45, 2.75) is 25.4 Å². The number of hydrogen-bond acceptors (Lipinski definition) is 4. The molecule has 1 rings (SSSR count). The lowest BCUT2D eigenvalue weighted by molar-refractivity contribution is -0.0445. The van der Waals surface area contributed by atoms with E-state index in [0.29, 0.717) is 25.3 Å². The molecule has 0 aliphatic rings. The third-order valence-electron chi connectivity index (χ3n) is 2.87. The van der Waals surface area contributed by atoms with Crippen LogP contribution >= 0.6 is 0 Å². The fourth-order valence-electron chi connectivity index (χ4n) is 2.05. The number of para-hydroxylation sites is 1. The van der Waals surface area contributed by atoms with Crippen LogP contribution in [0, 0.1) is 0 Å². The highest BCUT2D eigenvalue weighted by Crippen LogP contribution is 2.33. The summed E-state index contributed by atoms with van der Waals surface area (Å²) >= 11 is 0. The van der Waals surface area contributed by atoms with Gasteiger partial charge in [-0.3, -0.25) is 0 Å². The van der Waals surface area contributed by atoms with E-state index in [1.165, 1.54) is 0 Å². The Bertz CT molecular complexity index is 357. The monoisotopic (exact) mass is 253 g/mol. The summed E-state index contributed by atoms with van der Waals surface area (Å²) in [5.41, 5.74) is 5.25. The molecule has 0 saturated heterocycles. The highest BCUT2D eigenvalue weighted by molar-refractivity contribution is 5.38. The molecule has 0 radical (unpaired) electrons. The summed E-state index contributed by atoms with van der Waals surface area (Å²) in [6.45, 7) is 3.27. The summed E-state index contributed by atoms with van der Waals surface area (Å²) in [5.74, 6) is 0.705. The molecule has 0 amide bonds. The Morgan fingerprint density at radius 3 is 2.67 bits per heavy atom. The molecule has 3 N–H and O–H groups in total. The van der Waals surface area contributed by atoms with Gasteiger partial charge in [-0.05, 0) is 32.4 Å². The third-order valence-corrected chi connectivity index (χ3v) is 2.87. The van der Waals surface area contributed by atoms with Crippen LogP contribution in [-0.2, 0) is 10.3 Å². The summed E-state index contributed by atoms with van der Waals surface area (Å²) in [6, 6.07) is 7.52. The molecule has 0 fully saturated rings. The van der Waals surface area contributed by atoms with E-state index in [1.807, 2.05) is 31.2 Å². The van der Waals surface area contributed by atoms with Gasteiger partial charge in [0.05, 0.1) is 13.2 Å². The average molecular weight is 253 g/mol. The largest absolute Gasteiger partial charge is 0.493 e. The second-order valence-electron chi connectivity index (χ2n) is 4.29. The minimum atomic E-state index is -1.04. The zero-order chi connectivity index (χ0) is 13.4. The zero-order valence-electron chi connectivity index (χ0n) is 11.2. The summed E-state index contributed by atoms with van der Waals surface area (Å²) in [5, 5.41) is 10.8. The van der Waals surface area contributed by atoms with Gasteiger partial charge in [0.1, 0.15) is 11.4 Å². The van der Waals surface area contributed by atoms with Crippen molar-refractivity contribution in [1.29, 1.82) is 0 Å². The minimum absolute atomic E-state index is 0.233. The van der Waals surface area contributed by atoms with E-state index in [0.717, 1.165) is 12.0 Å². The Labute approximate surface area is 109 Å². The first-order chi connectivity index (χ1) is 8.68. The topological polar surface area (TPSA) is 64.7 Å². The van der Waals surface area contributed by atoms with Crippen LogP contribution in [0.2, 0.25) is 0 Å². The lowest BCUT2D eigenvalue weighted by atomic mass is 9.89. The van der Waals surface area contributed by atoms with Crippen LogP contribution in [0.3, 0.4) is 0 Å². The number of methoxy groups -OCH3 is 1. The van der Waals surface area contributed by atoms with Gasteiger partial charge in [-0.25, -0.2) is 0 Å². The molecular weight excluding hydrogens is 230 g/mol. The fourth-order valence-corrected chi connectivity index (χ4v) is 2.05. The molecule has 0 aliphatic carbocycles. The molecule has 0 spiro atoms. The first-order valence-corrected chi connectivity index (χ1v) is 6.31. The Balaban J connectivity index is 3.03. The van der Waals surface area contributed by atoms with Gasteiger partial charge in [0.15, 0.2) is 0 Å². The van der Waals surface area contributed by atoms with Crippen molar-refractivity contribution >= 4 is 0 Å². The molecule has 18 heavy (non-hydrogen) atoms. The molecule has 0 aromatic heterocycles. The molecule has 1 unspecified atom stereocenters. The van der Waals surface area contributed by atoms with Gasteiger partial charge < -0.3 is 20.3 Å². The van der Waals surface area contributed by atoms with Gasteiger partial charge in [-0.15, -0.1) is 0 Å². The standard InChI is InChI=1S/C14H23NO3/c1-3-18-13-8-5-4-7-12(13)14(16,11-17-2)9-6-10-15/h4-5,7-8,16H,3,6,9-11,15H2,1-2H3. The van der Waals surface area contributed by atoms with Crippen LogP contribution in [0.4, 0.5) is 0 Å². The van der Waals surface area contributed by atoms with E-state index in [-0.39, 0.29) is 6.61 Å². The number of nitrogens with two attached hydrogens (primary N) is 1. The molecule has 1 atom stereocenters. The van der Waals surface area contributed by atoms with E-state index in [9.17, 15) is 5.11 Å². The predicted octanol–water partition coefficient (Wildman–Crippen LogP) is 1.66. The zero-order valence-corrected chi connectivity index (χ0v) is 11.2. The van der Waals surface area contributed by atoms with Gasteiger partial charge in [0.2, 0.25) is 0 Å². The van der Waals surface area contributed by atoms with Crippen LogP contribution < -0.4 is 10.5 Å². The molecule has 0 bridgehead atoms. The molecule has 1 aromatic carbocycles. The Morgan fingerprint density at radius 1 is 1.33 bits per heavy atom. The number of aliphatic hydroxyl groups is 1. The molecule has 4 nitrogen and oxygen atoms in total. The van der Waals surface area contributed by atoms with Gasteiger partial charge in [0.25, 0.3) is 0 Å². The van der Waals surface area contributed by atoms with Crippen molar-refractivity contribution in [2.75, 3.05) is 26.9 Å². The van der Waals surface area contributed by atoms with Crippen LogP contribution in [0.25, 0.3) is 0 Å². The summed E-state index contributed by atoms with van der Waals surface area (Å²) in [6.07, 6.45) is 1.29. The SMILES string of the molecule is CCOc1ccccc1C(O)(CCCN)COC. The minimum Gasteiger partial charge on any atom is -0.493 e. The van der Waals surface area contributed by atoms with E-state index in [1.54, 1.807) is 7.11 Å². The summed E-state index contributed by atoms with van der Waals surface area (Å²) in [4.78, 5) is 0. The van der Waals surface area contributed by atoms with Gasteiger partial charge in [-0.1, -0.05) is 18.2 Å². The highest BCUT2D eigenvalue weighted by atomic mass is 16.5. The van der Waals surface area contributed by atoms with Crippen LogP contribution in [-0.4, -0.2) is 32.0 Å². The molecule has 4 heteroatoms. The van der Waals surface area contributed by atoms with Crippen molar-refractivity contribution in [3.05, 3.63) is 29.8 Å². The van der Waals surface area contributed by atoms with Crippen molar-refractivity contribution < 1.29 is 14.6 Å². The number of hydrogen-bond donors (Lipinski definition) is 2. The van der Waals surface area contributed by atoms with Crippen LogP contribution in [0.5, 0.6) is 5.75 Å². The average Bonchev–Trinajstić information content (AvgIpc) is 2.38. The van der Waals surface area contributed by atoms with Crippen molar-refractivity contribution in [1.82, 2.24) is 0 Å². The van der Waals surface area contributed by atoms with E-state index in [2.05, 4.69) is 0 Å². The van der Waals surface area contributed by atoms with Gasteiger partial charge in [0, 0.05) is 12.7 Å². The van der Waals surface area contributed by atoms with Crippen molar-refractivity contribution in [3.63, 3.8) is 0 Å². The van der Waals surface area contributed by atoms with Crippen molar-refractivity contribution in [2.24, 2.45) is 5.73 Å². The molecule has 0 saturated carbocycles. The lowest BCUT2D eigenvalue weighted by Crippen LogP contribution is -2.32. The normalized spacial score (nSPS) is 14.2. The third kappa shape index (κ3) is 3.70. The quantitative estimate of drug-likeness (QED) is 0.739. The first-order valence-electron chi connectivity index (χ1n) is 6.31. The Morgan fingerprint density at radius 2 is 2.06 bits per heavy atom. The highest BCUT2D eigenvalue weighted by Gasteiger charge is 2.31. The smallest absolute Gasteiger partial charge is 0.125 e. The number of benzene rings is 1. The molecule has 0 aliphatic heterocycles. The van der Waals surface area contributed by atoms with Gasteiger partial charge in [-0.2, -0.15) is 0 Å². The molecule has 0 heterocycles. The molecule has 102 valence electrons. The fraction of sp³-hybridized carbons (Fsp3) is 0.571.